The number of para-hydroxylation sites is 1. The quantitative estimate of drug-likeness (QED) is 0.615. The molecule has 0 bridgehead atoms. The largest absolute Gasteiger partial charge is 0.488 e. The molecule has 2 aromatic rings. The molecule has 2 aromatic carbocycles. The zero-order chi connectivity index (χ0) is 14.4. The van der Waals surface area contributed by atoms with E-state index in [1.807, 2.05) is 48.5 Å². The van der Waals surface area contributed by atoms with Gasteiger partial charge in [0, 0.05) is 5.56 Å². The summed E-state index contributed by atoms with van der Waals surface area (Å²) in [7, 11) is 1.33. The van der Waals surface area contributed by atoms with Crippen LogP contribution in [-0.2, 0) is 16.1 Å². The van der Waals surface area contributed by atoms with E-state index in [4.69, 9.17) is 9.47 Å². The summed E-state index contributed by atoms with van der Waals surface area (Å²) in [4.78, 5) is 11.6. The summed E-state index contributed by atoms with van der Waals surface area (Å²) in [6.45, 7) is 4.19. The standard InChI is InChI=1S/C17H16O3/c1-13(17(18)19-2)15-10-6-7-11-16(15)20-12-14-8-4-3-5-9-14/h3-11H,1,12H2,2H3. The van der Waals surface area contributed by atoms with Gasteiger partial charge < -0.3 is 9.47 Å². The van der Waals surface area contributed by atoms with Gasteiger partial charge in [-0.1, -0.05) is 55.1 Å². The topological polar surface area (TPSA) is 35.5 Å². The molecule has 0 saturated carbocycles. The van der Waals surface area contributed by atoms with Crippen LogP contribution in [0.5, 0.6) is 5.75 Å². The maximum Gasteiger partial charge on any atom is 0.337 e. The summed E-state index contributed by atoms with van der Waals surface area (Å²) in [5.41, 5.74) is 2.00. The first-order chi connectivity index (χ1) is 9.72. The highest BCUT2D eigenvalue weighted by Gasteiger charge is 2.14. The van der Waals surface area contributed by atoms with Gasteiger partial charge in [0.2, 0.25) is 0 Å². The highest BCUT2D eigenvalue weighted by atomic mass is 16.5. The van der Waals surface area contributed by atoms with Gasteiger partial charge in [-0.2, -0.15) is 0 Å². The number of carbonyl (C=O) groups excluding carboxylic acids is 1. The Labute approximate surface area is 118 Å². The highest BCUT2D eigenvalue weighted by Crippen LogP contribution is 2.26. The van der Waals surface area contributed by atoms with Crippen LogP contribution in [0, 0.1) is 0 Å². The molecule has 3 nitrogen and oxygen atoms in total. The van der Waals surface area contributed by atoms with Gasteiger partial charge in [0.1, 0.15) is 12.4 Å². The molecule has 3 heteroatoms. The van der Waals surface area contributed by atoms with E-state index in [1.165, 1.54) is 7.11 Å². The van der Waals surface area contributed by atoms with E-state index in [1.54, 1.807) is 6.07 Å². The fourth-order valence-corrected chi connectivity index (χ4v) is 1.81. The van der Waals surface area contributed by atoms with Crippen molar-refractivity contribution in [3.05, 3.63) is 72.3 Å². The number of benzene rings is 2. The van der Waals surface area contributed by atoms with E-state index in [0.717, 1.165) is 5.56 Å². The number of hydrogen-bond acceptors (Lipinski definition) is 3. The third-order valence-electron chi connectivity index (χ3n) is 2.88. The molecule has 0 aliphatic rings. The lowest BCUT2D eigenvalue weighted by Gasteiger charge is -2.12. The van der Waals surface area contributed by atoms with Crippen LogP contribution >= 0.6 is 0 Å². The zero-order valence-electron chi connectivity index (χ0n) is 11.3. The summed E-state index contributed by atoms with van der Waals surface area (Å²) in [5.74, 6) is 0.160. The Hall–Kier alpha value is -2.55. The normalized spacial score (nSPS) is 9.85. The number of methoxy groups -OCH3 is 1. The molecule has 0 aliphatic heterocycles. The number of carbonyl (C=O) groups is 1. The SMILES string of the molecule is C=C(C(=O)OC)c1ccccc1OCc1ccccc1. The van der Waals surface area contributed by atoms with Gasteiger partial charge in [-0.05, 0) is 11.6 Å². The second kappa shape index (κ2) is 6.57. The lowest BCUT2D eigenvalue weighted by Crippen LogP contribution is -2.05. The van der Waals surface area contributed by atoms with Crippen molar-refractivity contribution in [2.24, 2.45) is 0 Å². The Morgan fingerprint density at radius 1 is 1.05 bits per heavy atom. The molecule has 2 rings (SSSR count). The Kier molecular flexibility index (Phi) is 4.56. The van der Waals surface area contributed by atoms with Gasteiger partial charge in [0.05, 0.1) is 12.7 Å². The van der Waals surface area contributed by atoms with Crippen molar-refractivity contribution < 1.29 is 14.3 Å². The van der Waals surface area contributed by atoms with E-state index in [-0.39, 0.29) is 5.57 Å². The summed E-state index contributed by atoms with van der Waals surface area (Å²) in [6.07, 6.45) is 0. The molecule has 0 unspecified atom stereocenters. The maximum atomic E-state index is 11.6. The average Bonchev–Trinajstić information content (AvgIpc) is 2.52. The summed E-state index contributed by atoms with van der Waals surface area (Å²) in [6, 6.07) is 17.1. The lowest BCUT2D eigenvalue weighted by molar-refractivity contribution is -0.133. The predicted molar refractivity (Wildman–Crippen MR) is 78.3 cm³/mol. The van der Waals surface area contributed by atoms with Crippen LogP contribution in [0.15, 0.2) is 61.2 Å². The highest BCUT2D eigenvalue weighted by molar-refractivity contribution is 6.16. The van der Waals surface area contributed by atoms with Crippen LogP contribution in [0.4, 0.5) is 0 Å². The van der Waals surface area contributed by atoms with Crippen LogP contribution in [0.2, 0.25) is 0 Å². The van der Waals surface area contributed by atoms with Crippen molar-refractivity contribution in [1.82, 2.24) is 0 Å². The van der Waals surface area contributed by atoms with Gasteiger partial charge in [-0.15, -0.1) is 0 Å². The molecule has 20 heavy (non-hydrogen) atoms. The van der Waals surface area contributed by atoms with Crippen LogP contribution in [0.1, 0.15) is 11.1 Å². The molecule has 0 N–H and O–H groups in total. The number of esters is 1. The van der Waals surface area contributed by atoms with Crippen molar-refractivity contribution in [2.45, 2.75) is 6.61 Å². The molecule has 0 radical (unpaired) electrons. The zero-order valence-corrected chi connectivity index (χ0v) is 11.3. The number of hydrogen-bond donors (Lipinski definition) is 0. The van der Waals surface area contributed by atoms with Gasteiger partial charge >= 0.3 is 5.97 Å². The molecule has 0 amide bonds. The van der Waals surface area contributed by atoms with E-state index in [9.17, 15) is 4.79 Å². The van der Waals surface area contributed by atoms with Crippen molar-refractivity contribution >= 4 is 11.5 Å². The van der Waals surface area contributed by atoms with Crippen LogP contribution in [0.3, 0.4) is 0 Å². The summed E-state index contributed by atoms with van der Waals surface area (Å²) < 4.78 is 10.5. The maximum absolute atomic E-state index is 11.6. The molecule has 0 heterocycles. The summed E-state index contributed by atoms with van der Waals surface area (Å²) in [5, 5.41) is 0. The van der Waals surface area contributed by atoms with Gasteiger partial charge in [-0.3, -0.25) is 0 Å². The first-order valence-corrected chi connectivity index (χ1v) is 6.25. The summed E-state index contributed by atoms with van der Waals surface area (Å²) >= 11 is 0. The van der Waals surface area contributed by atoms with E-state index < -0.39 is 5.97 Å². The Bertz CT molecular complexity index is 603. The molecular weight excluding hydrogens is 252 g/mol. The third-order valence-corrected chi connectivity index (χ3v) is 2.88. The first kappa shape index (κ1) is 13.9. The smallest absolute Gasteiger partial charge is 0.337 e. The molecule has 0 aliphatic carbocycles. The van der Waals surface area contributed by atoms with Crippen LogP contribution in [0.25, 0.3) is 5.57 Å². The average molecular weight is 268 g/mol. The monoisotopic (exact) mass is 268 g/mol. The predicted octanol–water partition coefficient (Wildman–Crippen LogP) is 3.45. The lowest BCUT2D eigenvalue weighted by atomic mass is 10.1. The van der Waals surface area contributed by atoms with Crippen molar-refractivity contribution in [1.29, 1.82) is 0 Å². The van der Waals surface area contributed by atoms with Crippen molar-refractivity contribution in [3.63, 3.8) is 0 Å². The third kappa shape index (κ3) is 3.26. The molecular formula is C17H16O3. The molecule has 0 atom stereocenters. The fraction of sp³-hybridized carbons (Fsp3) is 0.118. The number of rotatable bonds is 5. The first-order valence-electron chi connectivity index (χ1n) is 6.25. The minimum absolute atomic E-state index is 0.288. The second-order valence-electron chi connectivity index (χ2n) is 4.24. The minimum atomic E-state index is -0.458. The van der Waals surface area contributed by atoms with Gasteiger partial charge in [0.25, 0.3) is 0 Å². The van der Waals surface area contributed by atoms with Gasteiger partial charge in [0.15, 0.2) is 0 Å². The Balaban J connectivity index is 2.16. The van der Waals surface area contributed by atoms with Crippen molar-refractivity contribution in [2.75, 3.05) is 7.11 Å². The van der Waals surface area contributed by atoms with E-state index in [0.29, 0.717) is 17.9 Å². The number of ether oxygens (including phenoxy) is 2. The van der Waals surface area contributed by atoms with Gasteiger partial charge in [-0.25, -0.2) is 4.79 Å². The van der Waals surface area contributed by atoms with Crippen LogP contribution < -0.4 is 4.74 Å². The Morgan fingerprint density at radius 2 is 1.70 bits per heavy atom. The molecule has 0 fully saturated rings. The van der Waals surface area contributed by atoms with E-state index in [2.05, 4.69) is 6.58 Å². The minimum Gasteiger partial charge on any atom is -0.488 e. The van der Waals surface area contributed by atoms with Crippen LogP contribution in [-0.4, -0.2) is 13.1 Å². The van der Waals surface area contributed by atoms with E-state index >= 15 is 0 Å². The fourth-order valence-electron chi connectivity index (χ4n) is 1.81. The molecule has 0 saturated heterocycles. The molecule has 0 aromatic heterocycles. The van der Waals surface area contributed by atoms with Crippen molar-refractivity contribution in [3.8, 4) is 5.75 Å². The second-order valence-corrected chi connectivity index (χ2v) is 4.24. The Morgan fingerprint density at radius 3 is 2.40 bits per heavy atom. The molecule has 0 spiro atoms. The molecule has 102 valence electrons.